The maximum absolute atomic E-state index is 5.14. The topological polar surface area (TPSA) is 119 Å². The van der Waals surface area contributed by atoms with Gasteiger partial charge in [0, 0.05) is 76.5 Å². The standard InChI is InChI=1S/C42H45N4.4C4H10O2.Fe.K/c1-25-16-28(4)40(29(5)17-25)37-13-10-34(43-37)22-46(23-35-11-14-38(44-35)41-30(6)18-26(2)19-31(41)7)24-36-12-15-39(45-36)42-32(8)20-27(3)21-33(42)9;4*1-5-3-4-6-2;;/h10-21H,22-24H2,1-9H3;4*3-4H2,1-2H3;;/q-3;;;;;+3;+1. The molecular weight excluding hydrogens is 976 g/mol. The van der Waals surface area contributed by atoms with E-state index in [1.807, 2.05) is 0 Å². The van der Waals surface area contributed by atoms with Crippen molar-refractivity contribution in [2.45, 2.75) is 81.9 Å². The molecule has 0 aliphatic carbocycles. The van der Waals surface area contributed by atoms with E-state index in [1.165, 1.54) is 66.8 Å². The van der Waals surface area contributed by atoms with Gasteiger partial charge in [-0.3, -0.25) is 4.90 Å². The Morgan fingerprint density at radius 3 is 0.667 bits per heavy atom. The second-order valence-corrected chi connectivity index (χ2v) is 17.4. The second kappa shape index (κ2) is 39.7. The molecule has 393 valence electrons. The van der Waals surface area contributed by atoms with Crippen molar-refractivity contribution in [2.75, 3.05) is 110 Å². The first-order valence-electron chi connectivity index (χ1n) is 23.9. The summed E-state index contributed by atoms with van der Waals surface area (Å²) in [7, 11) is 13.2. The molecule has 12 nitrogen and oxygen atoms in total. The number of benzene rings is 3. The van der Waals surface area contributed by atoms with Crippen LogP contribution in [0.5, 0.6) is 0 Å². The monoisotopic (exact) mass is 1060 g/mol. The fourth-order valence-corrected chi connectivity index (χ4v) is 8.17. The van der Waals surface area contributed by atoms with Crippen LogP contribution in [0, 0.1) is 62.3 Å². The van der Waals surface area contributed by atoms with Gasteiger partial charge < -0.3 is 52.8 Å². The van der Waals surface area contributed by atoms with Crippen molar-refractivity contribution in [2.24, 2.45) is 0 Å². The van der Waals surface area contributed by atoms with Gasteiger partial charge in [0.15, 0.2) is 0 Å². The van der Waals surface area contributed by atoms with Gasteiger partial charge in [-0.25, -0.2) is 0 Å². The van der Waals surface area contributed by atoms with E-state index in [2.05, 4.69) is 178 Å². The second-order valence-electron chi connectivity index (χ2n) is 17.4. The number of rotatable bonds is 21. The summed E-state index contributed by atoms with van der Waals surface area (Å²) in [5.74, 6) is 0. The molecule has 0 aliphatic rings. The third kappa shape index (κ3) is 25.2. The van der Waals surface area contributed by atoms with Crippen LogP contribution in [0.3, 0.4) is 0 Å². The fraction of sp³-hybridized carbons (Fsp3) is 0.483. The third-order valence-corrected chi connectivity index (χ3v) is 11.0. The molecule has 6 aromatic rings. The van der Waals surface area contributed by atoms with Crippen LogP contribution in [0.4, 0.5) is 0 Å². The molecule has 0 bridgehead atoms. The Hall–Kier alpha value is -2.70. The minimum atomic E-state index is 0. The van der Waals surface area contributed by atoms with Gasteiger partial charge >= 0.3 is 68.5 Å². The first kappa shape index (κ1) is 69.3. The normalized spacial score (nSPS) is 10.4. The molecular formula is C58H85FeKN4O8+. The zero-order valence-corrected chi connectivity index (χ0v) is 51.3. The molecule has 0 fully saturated rings. The number of hydrogen-bond donors (Lipinski definition) is 0. The number of hydrogen-bond acceptors (Lipinski definition) is 9. The van der Waals surface area contributed by atoms with E-state index in [4.69, 9.17) is 15.0 Å². The summed E-state index contributed by atoms with van der Waals surface area (Å²) in [5, 5.41) is 0. The molecule has 0 N–H and O–H groups in total. The number of nitrogens with zero attached hydrogens (tertiary/aromatic N) is 4. The Kier molecular flexibility index (Phi) is 38.2. The maximum Gasteiger partial charge on any atom is 3.00 e. The summed E-state index contributed by atoms with van der Waals surface area (Å²) in [6, 6.07) is 26.5. The van der Waals surface area contributed by atoms with E-state index < -0.39 is 0 Å². The third-order valence-electron chi connectivity index (χ3n) is 11.0. The van der Waals surface area contributed by atoms with Crippen LogP contribution in [0.1, 0.15) is 67.2 Å². The molecule has 0 amide bonds. The van der Waals surface area contributed by atoms with E-state index in [0.717, 1.165) is 34.2 Å². The molecule has 0 saturated carbocycles. The Balaban J connectivity index is 0.00000161. The Morgan fingerprint density at radius 2 is 0.500 bits per heavy atom. The smallest absolute Gasteiger partial charge is 0.660 e. The first-order chi connectivity index (χ1) is 33.6. The van der Waals surface area contributed by atoms with Crippen LogP contribution < -0.4 is 66.3 Å². The molecule has 3 aromatic heterocycles. The largest absolute Gasteiger partial charge is 3.00 e. The van der Waals surface area contributed by atoms with Crippen LogP contribution in [-0.4, -0.2) is 115 Å². The van der Waals surface area contributed by atoms with Crippen LogP contribution in [0.2, 0.25) is 0 Å². The van der Waals surface area contributed by atoms with Crippen molar-refractivity contribution in [3.8, 4) is 33.8 Å². The van der Waals surface area contributed by atoms with Crippen molar-refractivity contribution in [1.29, 1.82) is 0 Å². The predicted molar refractivity (Wildman–Crippen MR) is 286 cm³/mol. The number of methoxy groups -OCH3 is 8. The zero-order chi connectivity index (χ0) is 52.0. The molecule has 72 heavy (non-hydrogen) atoms. The van der Waals surface area contributed by atoms with Gasteiger partial charge in [0.25, 0.3) is 0 Å². The SMILES string of the molecule is COCCOC.COCCOC.COCCOC.COCCOC.Cc1cc(C)c(-c2ccc(CN(Cc3ccc(-c4c(C)cc(C)cc4C)[n-]3)Cc3ccc(-c4c(C)cc(C)cc4C)[n-]3)[n-]2)c(C)c1.[Fe+3].[K+]. The zero-order valence-electron chi connectivity index (χ0n) is 47.1. The molecule has 3 heterocycles. The van der Waals surface area contributed by atoms with Crippen LogP contribution >= 0.6 is 0 Å². The Labute approximate surface area is 487 Å². The predicted octanol–water partition coefficient (Wildman–Crippen LogP) is 7.66. The van der Waals surface area contributed by atoms with E-state index in [1.54, 1.807) is 56.9 Å². The maximum atomic E-state index is 5.14. The van der Waals surface area contributed by atoms with Crippen LogP contribution in [0.25, 0.3) is 33.8 Å². The van der Waals surface area contributed by atoms with Gasteiger partial charge in [0.2, 0.25) is 0 Å². The minimum Gasteiger partial charge on any atom is -0.660 e. The fourth-order valence-electron chi connectivity index (χ4n) is 8.17. The van der Waals surface area contributed by atoms with Gasteiger partial charge in [0.05, 0.1) is 52.9 Å². The van der Waals surface area contributed by atoms with Crippen molar-refractivity contribution < 1.29 is 106 Å². The van der Waals surface area contributed by atoms with Crippen LogP contribution in [-0.2, 0) is 74.6 Å². The van der Waals surface area contributed by atoms with E-state index in [0.29, 0.717) is 72.5 Å². The Morgan fingerprint density at radius 1 is 0.319 bits per heavy atom. The van der Waals surface area contributed by atoms with Gasteiger partial charge in [-0.1, -0.05) is 89.5 Å². The molecule has 14 heteroatoms. The van der Waals surface area contributed by atoms with Gasteiger partial charge in [-0.2, -0.15) is 0 Å². The van der Waals surface area contributed by atoms with Gasteiger partial charge in [-0.05, 0) is 112 Å². The first-order valence-corrected chi connectivity index (χ1v) is 23.9. The summed E-state index contributed by atoms with van der Waals surface area (Å²) in [5.41, 5.74) is 21.5. The van der Waals surface area contributed by atoms with E-state index in [9.17, 15) is 0 Å². The Bertz CT molecular complexity index is 2010. The molecule has 0 spiro atoms. The molecule has 3 aromatic carbocycles. The summed E-state index contributed by atoms with van der Waals surface area (Å²) in [6.45, 7) is 27.2. The van der Waals surface area contributed by atoms with Gasteiger partial charge in [0.1, 0.15) is 0 Å². The molecule has 0 aliphatic heterocycles. The van der Waals surface area contributed by atoms with Crippen LogP contribution in [0.15, 0.2) is 72.8 Å². The summed E-state index contributed by atoms with van der Waals surface area (Å²) in [6.07, 6.45) is 0. The molecule has 0 unspecified atom stereocenters. The summed E-state index contributed by atoms with van der Waals surface area (Å²) < 4.78 is 37.3. The summed E-state index contributed by atoms with van der Waals surface area (Å²) >= 11 is 0. The number of aryl methyl sites for hydroxylation is 9. The van der Waals surface area contributed by atoms with E-state index in [-0.39, 0.29) is 68.5 Å². The average molecular weight is 1060 g/mol. The minimum absolute atomic E-state index is 0. The van der Waals surface area contributed by atoms with E-state index >= 15 is 0 Å². The number of ether oxygens (including phenoxy) is 8. The molecule has 0 saturated heterocycles. The molecule has 1 radical (unpaired) electrons. The van der Waals surface area contributed by atoms with Crippen molar-refractivity contribution in [3.05, 3.63) is 140 Å². The van der Waals surface area contributed by atoms with Gasteiger partial charge in [-0.15, -0.1) is 34.2 Å². The molecule has 6 rings (SSSR count). The van der Waals surface area contributed by atoms with Crippen molar-refractivity contribution in [1.82, 2.24) is 19.9 Å². The quantitative estimate of drug-likeness (QED) is 0.0521. The summed E-state index contributed by atoms with van der Waals surface area (Å²) in [4.78, 5) is 17.8. The molecule has 0 atom stereocenters. The van der Waals surface area contributed by atoms with Crippen molar-refractivity contribution >= 4 is 0 Å². The van der Waals surface area contributed by atoms with Crippen molar-refractivity contribution in [3.63, 3.8) is 0 Å². The average Bonchev–Trinajstić information content (AvgIpc) is 4.08. The number of aromatic nitrogens is 3.